The molecule has 0 radical (unpaired) electrons. The fourth-order valence-corrected chi connectivity index (χ4v) is 4.49. The normalized spacial score (nSPS) is 36.5. The van der Waals surface area contributed by atoms with Crippen molar-refractivity contribution < 1.29 is 29.0 Å². The summed E-state index contributed by atoms with van der Waals surface area (Å²) < 4.78 is 11.2. The van der Waals surface area contributed by atoms with Gasteiger partial charge in [-0.3, -0.25) is 14.4 Å². The zero-order chi connectivity index (χ0) is 19.4. The summed E-state index contributed by atoms with van der Waals surface area (Å²) in [5.41, 5.74) is -0.256. The second-order valence-corrected chi connectivity index (χ2v) is 8.17. The van der Waals surface area contributed by atoms with Gasteiger partial charge in [0, 0.05) is 18.4 Å². The van der Waals surface area contributed by atoms with E-state index in [0.717, 1.165) is 0 Å². The predicted octanol–water partition coefficient (Wildman–Crippen LogP) is 2.10. The smallest absolute Gasteiger partial charge is 0.309 e. The molecule has 6 heteroatoms. The first-order valence-electron chi connectivity index (χ1n) is 9.13. The lowest BCUT2D eigenvalue weighted by atomic mass is 9.76. The van der Waals surface area contributed by atoms with Crippen LogP contribution in [0.4, 0.5) is 0 Å². The SMILES string of the molecule is CC1=CC(=O)C2=C(C)CC(OC(=O)CC(C)C)C3C(C)C(=O)OC3C12O. The first-order valence-corrected chi connectivity index (χ1v) is 9.13. The molecule has 0 aromatic heterocycles. The van der Waals surface area contributed by atoms with Crippen LogP contribution in [0.5, 0.6) is 0 Å². The Labute approximate surface area is 153 Å². The average Bonchev–Trinajstić information content (AvgIpc) is 2.89. The third kappa shape index (κ3) is 2.71. The zero-order valence-corrected chi connectivity index (χ0v) is 15.9. The number of allylic oxidation sites excluding steroid dienone is 1. The van der Waals surface area contributed by atoms with Crippen molar-refractivity contribution in [2.24, 2.45) is 17.8 Å². The Morgan fingerprint density at radius 2 is 2.04 bits per heavy atom. The highest BCUT2D eigenvalue weighted by Gasteiger charge is 2.62. The number of hydrogen-bond acceptors (Lipinski definition) is 6. The van der Waals surface area contributed by atoms with Crippen molar-refractivity contribution in [1.29, 1.82) is 0 Å². The number of carbonyl (C=O) groups excluding carboxylic acids is 3. The zero-order valence-electron chi connectivity index (χ0n) is 15.9. The Bertz CT molecular complexity index is 731. The van der Waals surface area contributed by atoms with Crippen LogP contribution in [0.1, 0.15) is 47.5 Å². The Kier molecular flexibility index (Phi) is 4.59. The van der Waals surface area contributed by atoms with Crippen molar-refractivity contribution in [2.45, 2.75) is 65.3 Å². The lowest BCUT2D eigenvalue weighted by Gasteiger charge is -2.35. The maximum atomic E-state index is 12.5. The Balaban J connectivity index is 2.04. The van der Waals surface area contributed by atoms with Crippen molar-refractivity contribution in [3.05, 3.63) is 22.8 Å². The first kappa shape index (κ1) is 18.8. The van der Waals surface area contributed by atoms with Crippen molar-refractivity contribution in [2.75, 3.05) is 0 Å². The number of hydrogen-bond donors (Lipinski definition) is 1. The summed E-state index contributed by atoms with van der Waals surface area (Å²) in [5, 5.41) is 11.4. The molecule has 0 spiro atoms. The minimum Gasteiger partial charge on any atom is -0.462 e. The van der Waals surface area contributed by atoms with Crippen LogP contribution in [0, 0.1) is 17.8 Å². The lowest BCUT2D eigenvalue weighted by Crippen LogP contribution is -2.49. The van der Waals surface area contributed by atoms with Gasteiger partial charge in [-0.1, -0.05) is 26.3 Å². The highest BCUT2D eigenvalue weighted by Crippen LogP contribution is 2.51. The first-order chi connectivity index (χ1) is 12.1. The molecule has 1 fully saturated rings. The van der Waals surface area contributed by atoms with Crippen molar-refractivity contribution in [3.63, 3.8) is 0 Å². The molecule has 3 aliphatic rings. The molecule has 26 heavy (non-hydrogen) atoms. The molecule has 5 unspecified atom stereocenters. The van der Waals surface area contributed by atoms with E-state index >= 15 is 0 Å². The summed E-state index contributed by atoms with van der Waals surface area (Å²) in [7, 11) is 0. The molecular weight excluding hydrogens is 336 g/mol. The Morgan fingerprint density at radius 1 is 1.38 bits per heavy atom. The van der Waals surface area contributed by atoms with Crippen molar-refractivity contribution in [1.82, 2.24) is 0 Å². The topological polar surface area (TPSA) is 89.9 Å². The molecule has 0 amide bonds. The molecule has 1 heterocycles. The second kappa shape index (κ2) is 6.34. The van der Waals surface area contributed by atoms with Gasteiger partial charge in [-0.05, 0) is 31.4 Å². The summed E-state index contributed by atoms with van der Waals surface area (Å²) in [6, 6.07) is 0. The van der Waals surface area contributed by atoms with E-state index in [2.05, 4.69) is 0 Å². The van der Waals surface area contributed by atoms with Gasteiger partial charge >= 0.3 is 11.9 Å². The van der Waals surface area contributed by atoms with Crippen molar-refractivity contribution in [3.8, 4) is 0 Å². The van der Waals surface area contributed by atoms with E-state index in [9.17, 15) is 19.5 Å². The molecule has 1 N–H and O–H groups in total. The van der Waals surface area contributed by atoms with Crippen LogP contribution >= 0.6 is 0 Å². The Hall–Kier alpha value is -1.95. The second-order valence-electron chi connectivity index (χ2n) is 8.17. The number of carbonyl (C=O) groups is 3. The third-order valence-corrected chi connectivity index (χ3v) is 5.75. The quantitative estimate of drug-likeness (QED) is 0.774. The van der Waals surface area contributed by atoms with Crippen LogP contribution in [-0.2, 0) is 23.9 Å². The van der Waals surface area contributed by atoms with E-state index in [1.165, 1.54) is 6.08 Å². The van der Waals surface area contributed by atoms with E-state index in [1.807, 2.05) is 13.8 Å². The molecule has 3 rings (SSSR count). The summed E-state index contributed by atoms with van der Waals surface area (Å²) in [6.07, 6.45) is 0.427. The Morgan fingerprint density at radius 3 is 2.65 bits per heavy atom. The molecular formula is C20H26O6. The summed E-state index contributed by atoms with van der Waals surface area (Å²) in [5.74, 6) is -1.94. The fourth-order valence-electron chi connectivity index (χ4n) is 4.49. The molecule has 1 aliphatic heterocycles. The number of esters is 2. The number of aliphatic hydroxyl groups is 1. The number of fused-ring (bicyclic) bond motifs is 3. The van der Waals surface area contributed by atoms with Crippen LogP contribution in [0.15, 0.2) is 22.8 Å². The van der Waals surface area contributed by atoms with Gasteiger partial charge in [-0.25, -0.2) is 0 Å². The van der Waals surface area contributed by atoms with Crippen LogP contribution in [0.2, 0.25) is 0 Å². The minimum atomic E-state index is -1.65. The van der Waals surface area contributed by atoms with Gasteiger partial charge in [0.05, 0.1) is 11.8 Å². The molecule has 1 saturated heterocycles. The monoisotopic (exact) mass is 362 g/mol. The molecule has 6 nitrogen and oxygen atoms in total. The molecule has 5 atom stereocenters. The van der Waals surface area contributed by atoms with E-state index in [1.54, 1.807) is 20.8 Å². The van der Waals surface area contributed by atoms with Gasteiger partial charge in [0.2, 0.25) is 0 Å². The summed E-state index contributed by atoms with van der Waals surface area (Å²) >= 11 is 0. The van der Waals surface area contributed by atoms with E-state index in [-0.39, 0.29) is 29.7 Å². The van der Waals surface area contributed by atoms with Crippen LogP contribution < -0.4 is 0 Å². The van der Waals surface area contributed by atoms with E-state index < -0.39 is 35.6 Å². The molecule has 0 aromatic rings. The molecule has 142 valence electrons. The minimum absolute atomic E-state index is 0.151. The molecule has 0 bridgehead atoms. The lowest BCUT2D eigenvalue weighted by molar-refractivity contribution is -0.157. The largest absolute Gasteiger partial charge is 0.462 e. The van der Waals surface area contributed by atoms with Crippen molar-refractivity contribution >= 4 is 17.7 Å². The molecule has 2 aliphatic carbocycles. The highest BCUT2D eigenvalue weighted by atomic mass is 16.6. The summed E-state index contributed by atoms with van der Waals surface area (Å²) in [6.45, 7) is 9.00. The number of ether oxygens (including phenoxy) is 2. The van der Waals surface area contributed by atoms with Crippen LogP contribution in [-0.4, -0.2) is 40.6 Å². The van der Waals surface area contributed by atoms with Gasteiger partial charge in [-0.15, -0.1) is 0 Å². The number of rotatable bonds is 3. The standard InChI is InChI=1S/C20H26O6/c1-9(2)6-15(22)25-14-7-10(3)17-13(21)8-11(4)20(17,24)18-16(14)12(5)19(23)26-18/h8-9,12,14,16,18,24H,6-7H2,1-5H3. The summed E-state index contributed by atoms with van der Waals surface area (Å²) in [4.78, 5) is 37.0. The van der Waals surface area contributed by atoms with Gasteiger partial charge in [0.25, 0.3) is 0 Å². The third-order valence-electron chi connectivity index (χ3n) is 5.75. The molecule has 0 aromatic carbocycles. The van der Waals surface area contributed by atoms with E-state index in [0.29, 0.717) is 17.6 Å². The van der Waals surface area contributed by atoms with Gasteiger partial charge < -0.3 is 14.6 Å². The fraction of sp³-hybridized carbons (Fsp3) is 0.650. The van der Waals surface area contributed by atoms with Gasteiger partial charge in [-0.2, -0.15) is 0 Å². The number of ketones is 1. The van der Waals surface area contributed by atoms with E-state index in [4.69, 9.17) is 9.47 Å². The highest BCUT2D eigenvalue weighted by molar-refractivity contribution is 6.11. The van der Waals surface area contributed by atoms with Gasteiger partial charge in [0.15, 0.2) is 11.4 Å². The average molecular weight is 362 g/mol. The van der Waals surface area contributed by atoms with Crippen LogP contribution in [0.25, 0.3) is 0 Å². The van der Waals surface area contributed by atoms with Crippen LogP contribution in [0.3, 0.4) is 0 Å². The molecule has 0 saturated carbocycles. The predicted molar refractivity (Wildman–Crippen MR) is 92.9 cm³/mol. The maximum absolute atomic E-state index is 12.5. The maximum Gasteiger partial charge on any atom is 0.309 e. The van der Waals surface area contributed by atoms with Gasteiger partial charge in [0.1, 0.15) is 12.2 Å².